The van der Waals surface area contributed by atoms with Gasteiger partial charge in [-0.1, -0.05) is 60.7 Å². The normalized spacial score (nSPS) is 11.0. The van der Waals surface area contributed by atoms with Crippen molar-refractivity contribution in [1.82, 2.24) is 40.4 Å². The molecule has 0 aliphatic rings. The van der Waals surface area contributed by atoms with Crippen LogP contribution in [0, 0.1) is 0 Å². The highest BCUT2D eigenvalue weighted by Crippen LogP contribution is 2.07. The molecule has 2 heterocycles. The van der Waals surface area contributed by atoms with Crippen LogP contribution in [0.4, 0.5) is 0 Å². The number of aromatic nitrogens is 8. The van der Waals surface area contributed by atoms with Gasteiger partial charge in [0.2, 0.25) is 0 Å². The molecule has 0 amide bonds. The Morgan fingerprint density at radius 1 is 0.552 bits per heavy atom. The van der Waals surface area contributed by atoms with Crippen LogP contribution in [-0.4, -0.2) is 40.4 Å². The summed E-state index contributed by atoms with van der Waals surface area (Å²) in [7, 11) is 0. The first kappa shape index (κ1) is 18.9. The second-order valence-corrected chi connectivity index (χ2v) is 6.96. The molecule has 0 bridgehead atoms. The summed E-state index contributed by atoms with van der Waals surface area (Å²) in [6.45, 7) is 1.49. The first-order valence-electron chi connectivity index (χ1n) is 9.96. The number of benzene rings is 2. The van der Waals surface area contributed by atoms with E-state index in [1.807, 2.05) is 21.5 Å². The van der Waals surface area contributed by atoms with Crippen molar-refractivity contribution in [1.29, 1.82) is 0 Å². The predicted molar refractivity (Wildman–Crippen MR) is 108 cm³/mol. The Labute approximate surface area is 169 Å². The highest BCUT2D eigenvalue weighted by Gasteiger charge is 2.09. The Morgan fingerprint density at radius 3 is 1.45 bits per heavy atom. The van der Waals surface area contributed by atoms with Crippen LogP contribution in [0.25, 0.3) is 0 Å². The Morgan fingerprint density at radius 2 is 1.00 bits per heavy atom. The van der Waals surface area contributed by atoms with E-state index in [9.17, 15) is 0 Å². The van der Waals surface area contributed by atoms with Gasteiger partial charge in [-0.25, -0.2) is 9.36 Å². The van der Waals surface area contributed by atoms with E-state index in [1.165, 1.54) is 11.1 Å². The monoisotopic (exact) mass is 388 g/mol. The fourth-order valence-electron chi connectivity index (χ4n) is 3.32. The number of tetrazole rings is 2. The molecule has 0 spiro atoms. The SMILES string of the molecule is c1ccc(CCc2nnnn2CCCn2nnnc2CCc2ccccc2)cc1. The first-order chi connectivity index (χ1) is 14.4. The van der Waals surface area contributed by atoms with Crippen molar-refractivity contribution in [3.05, 3.63) is 83.4 Å². The molecule has 0 aliphatic heterocycles. The smallest absolute Gasteiger partial charge is 0.151 e. The largest absolute Gasteiger partial charge is 0.230 e. The second-order valence-electron chi connectivity index (χ2n) is 6.96. The molecule has 2 aromatic carbocycles. The van der Waals surface area contributed by atoms with Gasteiger partial charge in [-0.05, 0) is 51.2 Å². The van der Waals surface area contributed by atoms with E-state index in [0.717, 1.165) is 56.8 Å². The molecule has 0 fully saturated rings. The van der Waals surface area contributed by atoms with Gasteiger partial charge >= 0.3 is 0 Å². The lowest BCUT2D eigenvalue weighted by molar-refractivity contribution is 0.465. The average Bonchev–Trinajstić information content (AvgIpc) is 3.41. The number of aryl methyl sites for hydroxylation is 6. The van der Waals surface area contributed by atoms with Crippen molar-refractivity contribution >= 4 is 0 Å². The Balaban J connectivity index is 1.27. The van der Waals surface area contributed by atoms with Gasteiger partial charge in [0.1, 0.15) is 0 Å². The highest BCUT2D eigenvalue weighted by atomic mass is 15.6. The zero-order chi connectivity index (χ0) is 19.7. The van der Waals surface area contributed by atoms with E-state index >= 15 is 0 Å². The minimum Gasteiger partial charge on any atom is -0.230 e. The summed E-state index contributed by atoms with van der Waals surface area (Å²) >= 11 is 0. The Kier molecular flexibility index (Phi) is 6.31. The van der Waals surface area contributed by atoms with E-state index in [4.69, 9.17) is 0 Å². The summed E-state index contributed by atoms with van der Waals surface area (Å²) in [5.41, 5.74) is 2.58. The zero-order valence-corrected chi connectivity index (χ0v) is 16.3. The van der Waals surface area contributed by atoms with Gasteiger partial charge in [0.05, 0.1) is 0 Å². The third-order valence-electron chi connectivity index (χ3n) is 4.91. The topological polar surface area (TPSA) is 87.2 Å². The van der Waals surface area contributed by atoms with Crippen LogP contribution < -0.4 is 0 Å². The van der Waals surface area contributed by atoms with Gasteiger partial charge in [0.15, 0.2) is 11.6 Å². The molecular weight excluding hydrogens is 364 g/mol. The summed E-state index contributed by atoms with van der Waals surface area (Å²) in [6, 6.07) is 20.8. The van der Waals surface area contributed by atoms with E-state index in [-0.39, 0.29) is 0 Å². The molecular formula is C21H24N8. The molecule has 8 heteroatoms. The summed E-state index contributed by atoms with van der Waals surface area (Å²) < 4.78 is 3.77. The molecule has 0 saturated heterocycles. The molecule has 4 rings (SSSR count). The van der Waals surface area contributed by atoms with E-state index in [0.29, 0.717) is 0 Å². The maximum absolute atomic E-state index is 4.18. The molecule has 0 atom stereocenters. The quantitative estimate of drug-likeness (QED) is 0.414. The van der Waals surface area contributed by atoms with Crippen LogP contribution >= 0.6 is 0 Å². The van der Waals surface area contributed by atoms with Crippen molar-refractivity contribution in [2.45, 2.75) is 45.2 Å². The molecule has 148 valence electrons. The van der Waals surface area contributed by atoms with Crippen molar-refractivity contribution in [3.8, 4) is 0 Å². The predicted octanol–water partition coefficient (Wildman–Crippen LogP) is 2.32. The minimum atomic E-state index is 0.745. The molecule has 0 radical (unpaired) electrons. The standard InChI is InChI=1S/C21H24N8/c1-3-8-18(9-4-1)12-14-20-22-24-26-28(20)16-7-17-29-21(23-25-27-29)15-13-19-10-5-2-6-11-19/h1-6,8-11H,7,12-17H2. The van der Waals surface area contributed by atoms with Crippen LogP contribution in [-0.2, 0) is 38.8 Å². The van der Waals surface area contributed by atoms with Crippen molar-refractivity contribution in [3.63, 3.8) is 0 Å². The lowest BCUT2D eigenvalue weighted by atomic mass is 10.1. The van der Waals surface area contributed by atoms with Crippen molar-refractivity contribution in [2.24, 2.45) is 0 Å². The number of hydrogen-bond acceptors (Lipinski definition) is 6. The lowest BCUT2D eigenvalue weighted by Crippen LogP contribution is -2.12. The summed E-state index contributed by atoms with van der Waals surface area (Å²) in [4.78, 5) is 0. The molecule has 0 unspecified atom stereocenters. The maximum atomic E-state index is 4.18. The first-order valence-corrected chi connectivity index (χ1v) is 9.96. The summed E-state index contributed by atoms with van der Waals surface area (Å²) in [6.07, 6.45) is 4.37. The van der Waals surface area contributed by atoms with E-state index in [1.54, 1.807) is 0 Å². The van der Waals surface area contributed by atoms with Crippen LogP contribution in [0.1, 0.15) is 29.2 Å². The lowest BCUT2D eigenvalue weighted by Gasteiger charge is -2.07. The number of nitrogens with zero attached hydrogens (tertiary/aromatic N) is 8. The second kappa shape index (κ2) is 9.68. The molecule has 0 aliphatic carbocycles. The van der Waals surface area contributed by atoms with Gasteiger partial charge in [0, 0.05) is 25.9 Å². The van der Waals surface area contributed by atoms with Gasteiger partial charge < -0.3 is 0 Å². The van der Waals surface area contributed by atoms with Crippen LogP contribution in [0.3, 0.4) is 0 Å². The summed E-state index contributed by atoms with van der Waals surface area (Å²) in [5, 5.41) is 24.3. The van der Waals surface area contributed by atoms with Gasteiger partial charge in [-0.15, -0.1) is 10.2 Å². The average molecular weight is 388 g/mol. The van der Waals surface area contributed by atoms with Gasteiger partial charge in [-0.2, -0.15) is 0 Å². The molecule has 0 saturated carbocycles. The number of hydrogen-bond donors (Lipinski definition) is 0. The van der Waals surface area contributed by atoms with Gasteiger partial charge in [-0.3, -0.25) is 0 Å². The Hall–Kier alpha value is -3.42. The third-order valence-corrected chi connectivity index (χ3v) is 4.91. The fraction of sp³-hybridized carbons (Fsp3) is 0.333. The van der Waals surface area contributed by atoms with Crippen LogP contribution in [0.5, 0.6) is 0 Å². The molecule has 8 nitrogen and oxygen atoms in total. The zero-order valence-electron chi connectivity index (χ0n) is 16.3. The van der Waals surface area contributed by atoms with Crippen LogP contribution in [0.2, 0.25) is 0 Å². The molecule has 2 aromatic heterocycles. The van der Waals surface area contributed by atoms with E-state index < -0.39 is 0 Å². The maximum Gasteiger partial charge on any atom is 0.151 e. The van der Waals surface area contributed by atoms with Crippen LogP contribution in [0.15, 0.2) is 60.7 Å². The Bertz CT molecular complexity index is 912. The fourth-order valence-corrected chi connectivity index (χ4v) is 3.32. The molecule has 29 heavy (non-hydrogen) atoms. The van der Waals surface area contributed by atoms with E-state index in [2.05, 4.69) is 79.6 Å². The summed E-state index contributed by atoms with van der Waals surface area (Å²) in [5.74, 6) is 1.82. The number of rotatable bonds is 10. The minimum absolute atomic E-state index is 0.745. The van der Waals surface area contributed by atoms with Crippen molar-refractivity contribution < 1.29 is 0 Å². The molecule has 0 N–H and O–H groups in total. The van der Waals surface area contributed by atoms with Gasteiger partial charge in [0.25, 0.3) is 0 Å². The highest BCUT2D eigenvalue weighted by molar-refractivity contribution is 5.16. The third kappa shape index (κ3) is 5.31. The molecule has 4 aromatic rings. The van der Waals surface area contributed by atoms with Crippen molar-refractivity contribution in [2.75, 3.05) is 0 Å².